The van der Waals surface area contributed by atoms with Gasteiger partial charge in [-0.05, 0) is 0 Å². The molecule has 0 aromatic heterocycles. The van der Waals surface area contributed by atoms with E-state index in [4.69, 9.17) is 0 Å². The van der Waals surface area contributed by atoms with Crippen molar-refractivity contribution in [1.82, 2.24) is 0 Å². The number of benzene rings is 2. The van der Waals surface area contributed by atoms with Gasteiger partial charge in [-0.2, -0.15) is 0 Å². The van der Waals surface area contributed by atoms with E-state index >= 15 is 0 Å². The smallest absolute Gasteiger partial charge is 0.194 e. The first-order valence-electron chi connectivity index (χ1n) is 5.48. The lowest BCUT2D eigenvalue weighted by Gasteiger charge is -2.18. The van der Waals surface area contributed by atoms with Gasteiger partial charge in [0.25, 0.3) is 0 Å². The number of fused-ring (bicyclic) bond motifs is 2. The zero-order chi connectivity index (χ0) is 12.0. The Morgan fingerprint density at radius 1 is 0.706 bits per heavy atom. The molecule has 2 nitrogen and oxygen atoms in total. The fourth-order valence-corrected chi connectivity index (χ4v) is 3.01. The second-order valence-corrected chi connectivity index (χ2v) is 5.28. The van der Waals surface area contributed by atoms with Gasteiger partial charge in [-0.3, -0.25) is 9.59 Å². The molecule has 0 bridgehead atoms. The van der Waals surface area contributed by atoms with Crippen LogP contribution in [0.3, 0.4) is 0 Å². The van der Waals surface area contributed by atoms with Crippen molar-refractivity contribution in [3.8, 4) is 0 Å². The summed E-state index contributed by atoms with van der Waals surface area (Å²) in [7, 11) is 0.770. The van der Waals surface area contributed by atoms with Gasteiger partial charge in [0.15, 0.2) is 11.6 Å². The summed E-state index contributed by atoms with van der Waals surface area (Å²) in [5.74, 6) is -0.0475. The highest BCUT2D eigenvalue weighted by Crippen LogP contribution is 2.25. The minimum atomic E-state index is -0.0344. The van der Waals surface area contributed by atoms with Crippen molar-refractivity contribution in [3.63, 3.8) is 0 Å². The van der Waals surface area contributed by atoms with E-state index in [0.29, 0.717) is 22.3 Å². The largest absolute Gasteiger partial charge is 0.289 e. The number of hydrogen-bond acceptors (Lipinski definition) is 2. The maximum absolute atomic E-state index is 12.3. The van der Waals surface area contributed by atoms with Crippen LogP contribution in [0, 0.1) is 0 Å². The van der Waals surface area contributed by atoms with Crippen molar-refractivity contribution in [3.05, 3.63) is 64.7 Å². The van der Waals surface area contributed by atoms with Crippen LogP contribution in [-0.4, -0.2) is 21.8 Å². The van der Waals surface area contributed by atoms with Crippen molar-refractivity contribution >= 4 is 27.0 Å². The normalized spacial score (nSPS) is 13.4. The van der Waals surface area contributed by atoms with Crippen molar-refractivity contribution < 1.29 is 9.59 Å². The Bertz CT molecular complexity index is 659. The van der Waals surface area contributed by atoms with E-state index in [2.05, 4.69) is 0 Å². The molecule has 0 atom stereocenters. The maximum Gasteiger partial charge on any atom is 0.194 e. The SMILES string of the molecule is O=C1c2ccccc2C(=O)c2c([SiH3])cccc21. The van der Waals surface area contributed by atoms with Crippen LogP contribution in [0.15, 0.2) is 42.5 Å². The summed E-state index contributed by atoms with van der Waals surface area (Å²) in [6.45, 7) is 0. The quantitative estimate of drug-likeness (QED) is 0.533. The second kappa shape index (κ2) is 3.50. The second-order valence-electron chi connectivity index (χ2n) is 4.20. The van der Waals surface area contributed by atoms with E-state index in [0.717, 1.165) is 15.4 Å². The Hall–Kier alpha value is -2.00. The third-order valence-corrected chi connectivity index (χ3v) is 3.99. The zero-order valence-corrected chi connectivity index (χ0v) is 11.4. The Morgan fingerprint density at radius 3 is 2.00 bits per heavy atom. The molecule has 0 heterocycles. The molecular weight excluding hydrogens is 228 g/mol. The van der Waals surface area contributed by atoms with Crippen molar-refractivity contribution in [1.29, 1.82) is 0 Å². The minimum Gasteiger partial charge on any atom is -0.289 e. The fraction of sp³-hybridized carbons (Fsp3) is 0. The third-order valence-electron chi connectivity index (χ3n) is 3.16. The number of carbonyl (C=O) groups is 2. The van der Waals surface area contributed by atoms with Gasteiger partial charge >= 0.3 is 0 Å². The summed E-state index contributed by atoms with van der Waals surface area (Å²) in [4.78, 5) is 24.6. The van der Waals surface area contributed by atoms with Gasteiger partial charge in [0.2, 0.25) is 0 Å². The average Bonchev–Trinajstić information content (AvgIpc) is 2.36. The molecule has 3 rings (SSSR count). The summed E-state index contributed by atoms with van der Waals surface area (Å²) in [6.07, 6.45) is 0. The standard InChI is InChI=1S/C14H10O2Si/c15-13-8-4-1-2-5-9(8)14(16)12-10(13)6-3-7-11(12)17/h1-7H,17H3. The molecule has 0 spiro atoms. The van der Waals surface area contributed by atoms with E-state index in [1.807, 2.05) is 12.1 Å². The van der Waals surface area contributed by atoms with Gasteiger partial charge in [-0.25, -0.2) is 0 Å². The molecule has 0 saturated carbocycles. The molecule has 2 aromatic rings. The molecule has 82 valence electrons. The molecule has 0 unspecified atom stereocenters. The van der Waals surface area contributed by atoms with E-state index in [1.54, 1.807) is 30.3 Å². The van der Waals surface area contributed by atoms with Gasteiger partial charge in [0.05, 0.1) is 0 Å². The lowest BCUT2D eigenvalue weighted by molar-refractivity contribution is 0.0980. The molecule has 0 fully saturated rings. The van der Waals surface area contributed by atoms with Crippen LogP contribution in [0.1, 0.15) is 31.8 Å². The highest BCUT2D eigenvalue weighted by molar-refractivity contribution is 6.41. The van der Waals surface area contributed by atoms with Gasteiger partial charge in [0.1, 0.15) is 0 Å². The molecule has 0 N–H and O–H groups in total. The Kier molecular flexibility index (Phi) is 2.09. The fourth-order valence-electron chi connectivity index (χ4n) is 2.32. The number of carbonyl (C=O) groups excluding carboxylic acids is 2. The summed E-state index contributed by atoms with van der Waals surface area (Å²) < 4.78 is 0. The van der Waals surface area contributed by atoms with Gasteiger partial charge in [-0.15, -0.1) is 0 Å². The van der Waals surface area contributed by atoms with Gasteiger partial charge in [-0.1, -0.05) is 47.7 Å². The van der Waals surface area contributed by atoms with Crippen LogP contribution in [0.5, 0.6) is 0 Å². The van der Waals surface area contributed by atoms with Crippen LogP contribution >= 0.6 is 0 Å². The van der Waals surface area contributed by atoms with Crippen molar-refractivity contribution in [2.75, 3.05) is 0 Å². The Labute approximate surface area is 102 Å². The first-order valence-corrected chi connectivity index (χ1v) is 6.48. The molecule has 2 aromatic carbocycles. The van der Waals surface area contributed by atoms with Crippen LogP contribution in [-0.2, 0) is 0 Å². The maximum atomic E-state index is 12.3. The summed E-state index contributed by atoms with van der Waals surface area (Å²) >= 11 is 0. The molecule has 3 heteroatoms. The van der Waals surface area contributed by atoms with Crippen molar-refractivity contribution in [2.24, 2.45) is 0 Å². The molecule has 0 saturated heterocycles. The number of hydrogen-bond donors (Lipinski definition) is 0. The Balaban J connectivity index is 2.37. The average molecular weight is 238 g/mol. The topological polar surface area (TPSA) is 34.1 Å². The van der Waals surface area contributed by atoms with Crippen LogP contribution in [0.4, 0.5) is 0 Å². The predicted octanol–water partition coefficient (Wildman–Crippen LogP) is 0.453. The lowest BCUT2D eigenvalue weighted by Crippen LogP contribution is -2.27. The van der Waals surface area contributed by atoms with Gasteiger partial charge < -0.3 is 0 Å². The van der Waals surface area contributed by atoms with Crippen LogP contribution in [0.25, 0.3) is 0 Å². The molecule has 17 heavy (non-hydrogen) atoms. The molecule has 1 aliphatic rings. The third kappa shape index (κ3) is 1.32. The summed E-state index contributed by atoms with van der Waals surface area (Å²) in [5, 5.41) is 0.996. The first-order chi connectivity index (χ1) is 8.20. The lowest BCUT2D eigenvalue weighted by atomic mass is 9.84. The van der Waals surface area contributed by atoms with Crippen molar-refractivity contribution in [2.45, 2.75) is 0 Å². The monoisotopic (exact) mass is 238 g/mol. The minimum absolute atomic E-state index is 0.0131. The van der Waals surface area contributed by atoms with Crippen LogP contribution in [0.2, 0.25) is 0 Å². The molecule has 0 amide bonds. The van der Waals surface area contributed by atoms with E-state index in [1.165, 1.54) is 0 Å². The van der Waals surface area contributed by atoms with E-state index in [-0.39, 0.29) is 11.6 Å². The predicted molar refractivity (Wildman–Crippen MR) is 69.3 cm³/mol. The van der Waals surface area contributed by atoms with Gasteiger partial charge in [0, 0.05) is 32.5 Å². The summed E-state index contributed by atoms with van der Waals surface area (Å²) in [5.41, 5.74) is 2.23. The van der Waals surface area contributed by atoms with E-state index in [9.17, 15) is 9.59 Å². The molecule has 0 radical (unpaired) electrons. The molecule has 0 aliphatic heterocycles. The first kappa shape index (κ1) is 10.2. The number of rotatable bonds is 0. The highest BCUT2D eigenvalue weighted by atomic mass is 28.1. The Morgan fingerprint density at radius 2 is 1.29 bits per heavy atom. The zero-order valence-electron chi connectivity index (χ0n) is 9.36. The highest BCUT2D eigenvalue weighted by Gasteiger charge is 2.29. The number of ketones is 2. The van der Waals surface area contributed by atoms with Crippen LogP contribution < -0.4 is 5.19 Å². The summed E-state index contributed by atoms with van der Waals surface area (Å²) in [6, 6.07) is 12.5. The molecule has 1 aliphatic carbocycles. The van der Waals surface area contributed by atoms with E-state index < -0.39 is 0 Å². The molecular formula is C14H10O2Si.